The first kappa shape index (κ1) is 11.9. The first-order valence-corrected chi connectivity index (χ1v) is 6.20. The van der Waals surface area contributed by atoms with Crippen molar-refractivity contribution in [2.45, 2.75) is 38.6 Å². The predicted molar refractivity (Wildman–Crippen MR) is 65.1 cm³/mol. The van der Waals surface area contributed by atoms with Crippen LogP contribution in [0, 0.1) is 0 Å². The maximum atomic E-state index is 12.3. The van der Waals surface area contributed by atoms with Gasteiger partial charge in [0.2, 0.25) is 0 Å². The molecule has 1 unspecified atom stereocenters. The summed E-state index contributed by atoms with van der Waals surface area (Å²) in [6, 6.07) is 1.97. The number of carbonyl (C=O) groups is 2. The third-order valence-corrected chi connectivity index (χ3v) is 3.43. The maximum absolute atomic E-state index is 12.3. The van der Waals surface area contributed by atoms with Crippen LogP contribution in [0.1, 0.15) is 53.5 Å². The second-order valence-electron chi connectivity index (χ2n) is 4.52. The van der Waals surface area contributed by atoms with E-state index < -0.39 is 0 Å². The molecule has 0 radical (unpaired) electrons. The van der Waals surface area contributed by atoms with Crippen LogP contribution in [-0.4, -0.2) is 34.7 Å². The van der Waals surface area contributed by atoms with E-state index in [2.05, 4.69) is 11.9 Å². The number of likely N-dealkylation sites (tertiary alicyclic amines) is 1. The van der Waals surface area contributed by atoms with Crippen LogP contribution in [0.3, 0.4) is 0 Å². The Bertz CT molecular complexity index is 411. The number of amides is 1. The quantitative estimate of drug-likeness (QED) is 0.815. The Balaban J connectivity index is 2.14. The molecule has 1 N–H and O–H groups in total. The van der Waals surface area contributed by atoms with Crippen molar-refractivity contribution in [3.8, 4) is 0 Å². The van der Waals surface area contributed by atoms with Gasteiger partial charge in [0, 0.05) is 24.3 Å². The summed E-state index contributed by atoms with van der Waals surface area (Å²) in [5.74, 6) is 0.0182. The number of piperidine rings is 1. The summed E-state index contributed by atoms with van der Waals surface area (Å²) in [6.07, 6.45) is 6.68. The molecular weight excluding hydrogens is 216 g/mol. The summed E-state index contributed by atoms with van der Waals surface area (Å²) < 4.78 is 0. The summed E-state index contributed by atoms with van der Waals surface area (Å²) in [5.41, 5.74) is 1.05. The highest BCUT2D eigenvalue weighted by molar-refractivity contribution is 5.94. The summed E-state index contributed by atoms with van der Waals surface area (Å²) in [5, 5.41) is 0. The Kier molecular flexibility index (Phi) is 3.61. The van der Waals surface area contributed by atoms with Crippen LogP contribution in [-0.2, 0) is 0 Å². The van der Waals surface area contributed by atoms with Gasteiger partial charge in [-0.1, -0.05) is 6.92 Å². The molecule has 0 aliphatic carbocycles. The zero-order valence-corrected chi connectivity index (χ0v) is 10.1. The summed E-state index contributed by atoms with van der Waals surface area (Å²) in [4.78, 5) is 27.7. The summed E-state index contributed by atoms with van der Waals surface area (Å²) in [6.45, 7) is 2.94. The molecule has 2 heterocycles. The lowest BCUT2D eigenvalue weighted by Gasteiger charge is -2.35. The van der Waals surface area contributed by atoms with E-state index >= 15 is 0 Å². The Labute approximate surface area is 101 Å². The molecule has 2 rings (SSSR count). The minimum Gasteiger partial charge on any atom is -0.356 e. The van der Waals surface area contributed by atoms with Crippen LogP contribution in [0.4, 0.5) is 0 Å². The number of H-pyrrole nitrogens is 1. The van der Waals surface area contributed by atoms with Gasteiger partial charge in [0.15, 0.2) is 6.29 Å². The smallest absolute Gasteiger partial charge is 0.270 e. The van der Waals surface area contributed by atoms with Crippen molar-refractivity contribution >= 4 is 12.2 Å². The number of hydrogen-bond donors (Lipinski definition) is 1. The van der Waals surface area contributed by atoms with Gasteiger partial charge in [-0.25, -0.2) is 0 Å². The normalized spacial score (nSPS) is 20.3. The standard InChI is InChI=1S/C13H18N2O2/c1-2-11-5-3-4-6-15(11)13(17)12-7-10(9-16)8-14-12/h7-9,11,14H,2-6H2,1H3. The van der Waals surface area contributed by atoms with Crippen LogP contribution < -0.4 is 0 Å². The summed E-state index contributed by atoms with van der Waals surface area (Å²) in [7, 11) is 0. The molecule has 1 fully saturated rings. The minimum absolute atomic E-state index is 0.0182. The van der Waals surface area contributed by atoms with Crippen molar-refractivity contribution in [3.63, 3.8) is 0 Å². The predicted octanol–water partition coefficient (Wildman–Crippen LogP) is 2.23. The van der Waals surface area contributed by atoms with Crippen molar-refractivity contribution in [1.29, 1.82) is 0 Å². The monoisotopic (exact) mass is 234 g/mol. The minimum atomic E-state index is 0.0182. The highest BCUT2D eigenvalue weighted by Gasteiger charge is 2.26. The first-order valence-electron chi connectivity index (χ1n) is 6.20. The fourth-order valence-electron chi connectivity index (χ4n) is 2.45. The number of aromatic nitrogens is 1. The first-order chi connectivity index (χ1) is 8.26. The molecule has 0 bridgehead atoms. The molecule has 1 amide bonds. The molecule has 4 nitrogen and oxygen atoms in total. The van der Waals surface area contributed by atoms with Crippen LogP contribution in [0.25, 0.3) is 0 Å². The van der Waals surface area contributed by atoms with E-state index in [9.17, 15) is 9.59 Å². The van der Waals surface area contributed by atoms with Gasteiger partial charge >= 0.3 is 0 Å². The zero-order chi connectivity index (χ0) is 12.3. The van der Waals surface area contributed by atoms with E-state index in [-0.39, 0.29) is 5.91 Å². The molecule has 92 valence electrons. The number of hydrogen-bond acceptors (Lipinski definition) is 2. The van der Waals surface area contributed by atoms with Gasteiger partial charge in [-0.3, -0.25) is 9.59 Å². The molecule has 17 heavy (non-hydrogen) atoms. The SMILES string of the molecule is CCC1CCCCN1C(=O)c1cc(C=O)c[nH]1. The molecule has 1 saturated heterocycles. The van der Waals surface area contributed by atoms with E-state index in [4.69, 9.17) is 0 Å². The average Bonchev–Trinajstić information content (AvgIpc) is 2.86. The molecule has 1 aromatic heterocycles. The van der Waals surface area contributed by atoms with E-state index in [1.165, 1.54) is 6.42 Å². The van der Waals surface area contributed by atoms with Gasteiger partial charge in [-0.05, 0) is 31.7 Å². The number of aromatic amines is 1. The molecule has 1 aliphatic rings. The lowest BCUT2D eigenvalue weighted by atomic mass is 9.99. The van der Waals surface area contributed by atoms with E-state index in [1.54, 1.807) is 12.3 Å². The van der Waals surface area contributed by atoms with E-state index in [1.807, 2.05) is 4.90 Å². The van der Waals surface area contributed by atoms with Crippen molar-refractivity contribution < 1.29 is 9.59 Å². The molecule has 0 saturated carbocycles. The number of nitrogens with one attached hydrogen (secondary N) is 1. The largest absolute Gasteiger partial charge is 0.356 e. The van der Waals surface area contributed by atoms with Crippen molar-refractivity contribution in [2.24, 2.45) is 0 Å². The lowest BCUT2D eigenvalue weighted by molar-refractivity contribution is 0.0602. The van der Waals surface area contributed by atoms with Crippen LogP contribution in [0.2, 0.25) is 0 Å². The van der Waals surface area contributed by atoms with Gasteiger partial charge in [0.25, 0.3) is 5.91 Å². The van der Waals surface area contributed by atoms with Gasteiger partial charge in [-0.15, -0.1) is 0 Å². The highest BCUT2D eigenvalue weighted by atomic mass is 16.2. The van der Waals surface area contributed by atoms with Gasteiger partial charge in [0.1, 0.15) is 5.69 Å². The van der Waals surface area contributed by atoms with Crippen LogP contribution >= 0.6 is 0 Å². The number of rotatable bonds is 3. The van der Waals surface area contributed by atoms with Gasteiger partial charge in [0.05, 0.1) is 0 Å². The molecular formula is C13H18N2O2. The Morgan fingerprint density at radius 3 is 3.06 bits per heavy atom. The number of nitrogens with zero attached hydrogens (tertiary/aromatic N) is 1. The fourth-order valence-corrected chi connectivity index (χ4v) is 2.45. The second kappa shape index (κ2) is 5.17. The second-order valence-corrected chi connectivity index (χ2v) is 4.52. The molecule has 1 aromatic rings. The van der Waals surface area contributed by atoms with Crippen LogP contribution in [0.15, 0.2) is 12.3 Å². The third kappa shape index (κ3) is 2.40. The highest BCUT2D eigenvalue weighted by Crippen LogP contribution is 2.21. The Morgan fingerprint density at radius 1 is 1.59 bits per heavy atom. The zero-order valence-electron chi connectivity index (χ0n) is 10.1. The fraction of sp³-hybridized carbons (Fsp3) is 0.538. The number of aldehydes is 1. The number of carbonyl (C=O) groups excluding carboxylic acids is 2. The van der Waals surface area contributed by atoms with Crippen molar-refractivity contribution in [3.05, 3.63) is 23.5 Å². The lowest BCUT2D eigenvalue weighted by Crippen LogP contribution is -2.43. The van der Waals surface area contributed by atoms with Crippen LogP contribution in [0.5, 0.6) is 0 Å². The average molecular weight is 234 g/mol. The molecule has 0 spiro atoms. The summed E-state index contributed by atoms with van der Waals surface area (Å²) >= 11 is 0. The van der Waals surface area contributed by atoms with Gasteiger partial charge < -0.3 is 9.88 Å². The Morgan fingerprint density at radius 2 is 2.41 bits per heavy atom. The third-order valence-electron chi connectivity index (χ3n) is 3.43. The molecule has 1 aliphatic heterocycles. The maximum Gasteiger partial charge on any atom is 0.270 e. The molecule has 4 heteroatoms. The van der Waals surface area contributed by atoms with Gasteiger partial charge in [-0.2, -0.15) is 0 Å². The molecule has 1 atom stereocenters. The van der Waals surface area contributed by atoms with E-state index in [0.29, 0.717) is 17.3 Å². The molecule has 0 aromatic carbocycles. The van der Waals surface area contributed by atoms with Crippen molar-refractivity contribution in [2.75, 3.05) is 6.54 Å². The Hall–Kier alpha value is -1.58. The topological polar surface area (TPSA) is 53.2 Å². The van der Waals surface area contributed by atoms with Crippen molar-refractivity contribution in [1.82, 2.24) is 9.88 Å². The van der Waals surface area contributed by atoms with E-state index in [0.717, 1.165) is 32.1 Å².